The van der Waals surface area contributed by atoms with Crippen molar-refractivity contribution in [3.8, 4) is 11.6 Å². The van der Waals surface area contributed by atoms with Crippen LogP contribution >= 0.6 is 11.6 Å². The summed E-state index contributed by atoms with van der Waals surface area (Å²) in [6.07, 6.45) is 5.95. The Morgan fingerprint density at radius 3 is 3.00 bits per heavy atom. The van der Waals surface area contributed by atoms with Gasteiger partial charge in [-0.3, -0.25) is 4.68 Å². The second-order valence-corrected chi connectivity index (χ2v) is 4.00. The third-order valence-electron chi connectivity index (χ3n) is 2.11. The van der Waals surface area contributed by atoms with Crippen LogP contribution < -0.4 is 10.5 Å². The zero-order valence-corrected chi connectivity index (χ0v) is 10.2. The number of aromatic nitrogens is 3. The van der Waals surface area contributed by atoms with Crippen LogP contribution in [0.25, 0.3) is 0 Å². The van der Waals surface area contributed by atoms with E-state index in [0.29, 0.717) is 22.3 Å². The summed E-state index contributed by atoms with van der Waals surface area (Å²) in [6, 6.07) is 1.60. The molecule has 2 N–H and O–H groups in total. The minimum absolute atomic E-state index is 0.330. The molecule has 0 atom stereocenters. The largest absolute Gasteiger partial charge is 0.434 e. The van der Waals surface area contributed by atoms with Gasteiger partial charge in [-0.1, -0.05) is 18.5 Å². The Bertz CT molecular complexity index is 512. The minimum Gasteiger partial charge on any atom is -0.434 e. The average Bonchev–Trinajstić information content (AvgIpc) is 2.71. The van der Waals surface area contributed by atoms with Gasteiger partial charge in [-0.15, -0.1) is 0 Å². The quantitative estimate of drug-likeness (QED) is 0.909. The Kier molecular flexibility index (Phi) is 3.49. The van der Waals surface area contributed by atoms with Crippen molar-refractivity contribution in [1.29, 1.82) is 0 Å². The number of nitrogen functional groups attached to an aromatic ring is 1. The predicted molar refractivity (Wildman–Crippen MR) is 66.3 cm³/mol. The van der Waals surface area contributed by atoms with E-state index in [1.165, 1.54) is 6.20 Å². The number of aryl methyl sites for hydroxylation is 1. The Hall–Kier alpha value is -1.75. The second-order valence-electron chi connectivity index (χ2n) is 3.60. The lowest BCUT2D eigenvalue weighted by molar-refractivity contribution is 0.462. The molecule has 2 heterocycles. The van der Waals surface area contributed by atoms with Crippen molar-refractivity contribution in [2.75, 3.05) is 5.73 Å². The van der Waals surface area contributed by atoms with E-state index in [0.717, 1.165) is 13.0 Å². The highest BCUT2D eigenvalue weighted by Crippen LogP contribution is 2.27. The number of pyridine rings is 1. The molecule has 0 amide bonds. The van der Waals surface area contributed by atoms with Crippen molar-refractivity contribution in [3.63, 3.8) is 0 Å². The van der Waals surface area contributed by atoms with Crippen LogP contribution in [0.2, 0.25) is 5.02 Å². The molecule has 2 rings (SSSR count). The molecular formula is C11H13ClN4O. The summed E-state index contributed by atoms with van der Waals surface area (Å²) >= 11 is 5.95. The lowest BCUT2D eigenvalue weighted by Gasteiger charge is -2.04. The predicted octanol–water partition coefficient (Wildman–Crippen LogP) is 2.72. The highest BCUT2D eigenvalue weighted by molar-refractivity contribution is 6.32. The van der Waals surface area contributed by atoms with E-state index in [1.54, 1.807) is 23.1 Å². The van der Waals surface area contributed by atoms with Crippen molar-refractivity contribution >= 4 is 17.3 Å². The first-order chi connectivity index (χ1) is 8.19. The van der Waals surface area contributed by atoms with Crippen LogP contribution in [0.15, 0.2) is 24.7 Å². The van der Waals surface area contributed by atoms with Crippen LogP contribution in [-0.4, -0.2) is 14.8 Å². The molecule has 0 unspecified atom stereocenters. The van der Waals surface area contributed by atoms with E-state index in [9.17, 15) is 0 Å². The number of nitrogens with zero attached hydrogens (tertiary/aromatic N) is 3. The highest BCUT2D eigenvalue weighted by atomic mass is 35.5. The highest BCUT2D eigenvalue weighted by Gasteiger charge is 2.06. The van der Waals surface area contributed by atoms with Crippen molar-refractivity contribution in [2.45, 2.75) is 19.9 Å². The lowest BCUT2D eigenvalue weighted by Crippen LogP contribution is -1.95. The molecule has 0 saturated heterocycles. The molecule has 0 radical (unpaired) electrons. The maximum atomic E-state index is 5.95. The average molecular weight is 253 g/mol. The van der Waals surface area contributed by atoms with Gasteiger partial charge in [0.25, 0.3) is 0 Å². The summed E-state index contributed by atoms with van der Waals surface area (Å²) in [5.41, 5.74) is 6.05. The van der Waals surface area contributed by atoms with Crippen LogP contribution in [0.3, 0.4) is 0 Å². The van der Waals surface area contributed by atoms with Crippen LogP contribution in [0.5, 0.6) is 11.6 Å². The standard InChI is InChI=1S/C11H13ClN4O/c1-2-3-16-7-9(6-15-16)17-11-10(12)4-8(13)5-14-11/h4-7H,2-3,13H2,1H3. The molecule has 2 aromatic heterocycles. The monoisotopic (exact) mass is 252 g/mol. The maximum Gasteiger partial charge on any atom is 0.238 e. The van der Waals surface area contributed by atoms with E-state index in [4.69, 9.17) is 22.1 Å². The first kappa shape index (κ1) is 11.7. The molecule has 90 valence electrons. The van der Waals surface area contributed by atoms with Crippen LogP contribution in [0.4, 0.5) is 5.69 Å². The molecular weight excluding hydrogens is 240 g/mol. The maximum absolute atomic E-state index is 5.95. The summed E-state index contributed by atoms with van der Waals surface area (Å²) in [6.45, 7) is 2.94. The van der Waals surface area contributed by atoms with Gasteiger partial charge in [0.15, 0.2) is 5.75 Å². The number of hydrogen-bond acceptors (Lipinski definition) is 4. The van der Waals surface area contributed by atoms with Gasteiger partial charge in [0.1, 0.15) is 5.02 Å². The fraction of sp³-hybridized carbons (Fsp3) is 0.273. The number of rotatable bonds is 4. The summed E-state index contributed by atoms with van der Waals surface area (Å²) in [5.74, 6) is 0.939. The Morgan fingerprint density at radius 2 is 2.29 bits per heavy atom. The number of anilines is 1. The van der Waals surface area contributed by atoms with Crippen molar-refractivity contribution in [1.82, 2.24) is 14.8 Å². The Morgan fingerprint density at radius 1 is 1.47 bits per heavy atom. The van der Waals surface area contributed by atoms with Gasteiger partial charge in [0, 0.05) is 6.54 Å². The van der Waals surface area contributed by atoms with Crippen molar-refractivity contribution < 1.29 is 4.74 Å². The topological polar surface area (TPSA) is 66.0 Å². The molecule has 0 aliphatic rings. The van der Waals surface area contributed by atoms with E-state index in [-0.39, 0.29) is 0 Å². The molecule has 0 spiro atoms. The van der Waals surface area contributed by atoms with Crippen LogP contribution in [-0.2, 0) is 6.54 Å². The minimum atomic E-state index is 0.330. The molecule has 17 heavy (non-hydrogen) atoms. The number of ether oxygens (including phenoxy) is 1. The van der Waals surface area contributed by atoms with Gasteiger partial charge >= 0.3 is 0 Å². The normalized spacial score (nSPS) is 10.5. The Balaban J connectivity index is 2.13. The molecule has 2 aromatic rings. The van der Waals surface area contributed by atoms with Gasteiger partial charge in [0.05, 0.1) is 24.3 Å². The third-order valence-corrected chi connectivity index (χ3v) is 2.38. The smallest absolute Gasteiger partial charge is 0.238 e. The van der Waals surface area contributed by atoms with Gasteiger partial charge in [-0.2, -0.15) is 5.10 Å². The number of nitrogens with two attached hydrogens (primary N) is 1. The molecule has 0 saturated carbocycles. The molecule has 0 aliphatic carbocycles. The van der Waals surface area contributed by atoms with Gasteiger partial charge in [0.2, 0.25) is 5.88 Å². The number of halogens is 1. The van der Waals surface area contributed by atoms with Gasteiger partial charge in [-0.25, -0.2) is 4.98 Å². The molecule has 0 aromatic carbocycles. The zero-order valence-electron chi connectivity index (χ0n) is 9.43. The molecule has 0 bridgehead atoms. The second kappa shape index (κ2) is 5.05. The van der Waals surface area contributed by atoms with E-state index >= 15 is 0 Å². The van der Waals surface area contributed by atoms with E-state index < -0.39 is 0 Å². The van der Waals surface area contributed by atoms with Crippen LogP contribution in [0, 0.1) is 0 Å². The third kappa shape index (κ3) is 2.88. The summed E-state index contributed by atoms with van der Waals surface area (Å²) < 4.78 is 7.32. The summed E-state index contributed by atoms with van der Waals surface area (Å²) in [7, 11) is 0. The number of hydrogen-bond donors (Lipinski definition) is 1. The zero-order chi connectivity index (χ0) is 12.3. The first-order valence-corrected chi connectivity index (χ1v) is 5.68. The summed E-state index contributed by atoms with van der Waals surface area (Å²) in [5, 5.41) is 4.53. The molecule has 6 heteroatoms. The van der Waals surface area contributed by atoms with Gasteiger partial charge < -0.3 is 10.5 Å². The summed E-state index contributed by atoms with van der Waals surface area (Å²) in [4.78, 5) is 4.01. The van der Waals surface area contributed by atoms with Crippen molar-refractivity contribution in [3.05, 3.63) is 29.7 Å². The lowest BCUT2D eigenvalue weighted by atomic mass is 10.4. The Labute approximate surface area is 104 Å². The fourth-order valence-electron chi connectivity index (χ4n) is 1.38. The van der Waals surface area contributed by atoms with Crippen LogP contribution in [0.1, 0.15) is 13.3 Å². The SMILES string of the molecule is CCCn1cc(Oc2ncc(N)cc2Cl)cn1. The molecule has 5 nitrogen and oxygen atoms in total. The van der Waals surface area contributed by atoms with E-state index in [1.807, 2.05) is 0 Å². The van der Waals surface area contributed by atoms with Crippen molar-refractivity contribution in [2.24, 2.45) is 0 Å². The van der Waals surface area contributed by atoms with E-state index in [2.05, 4.69) is 17.0 Å². The van der Waals surface area contributed by atoms with Gasteiger partial charge in [-0.05, 0) is 12.5 Å². The fourth-order valence-corrected chi connectivity index (χ4v) is 1.59. The molecule has 0 fully saturated rings. The first-order valence-electron chi connectivity index (χ1n) is 5.30. The molecule has 0 aliphatic heterocycles.